The van der Waals surface area contributed by atoms with Gasteiger partial charge in [0.1, 0.15) is 5.75 Å². The van der Waals surface area contributed by atoms with Crippen LogP contribution in [-0.4, -0.2) is 26.3 Å². The molecule has 2 rings (SSSR count). The SMILES string of the molecule is CCCCOc1ccc(C2CNCCO2)cc1. The number of hydrogen-bond acceptors (Lipinski definition) is 3. The van der Waals surface area contributed by atoms with Gasteiger partial charge >= 0.3 is 0 Å². The zero-order valence-electron chi connectivity index (χ0n) is 10.4. The molecule has 3 nitrogen and oxygen atoms in total. The zero-order valence-corrected chi connectivity index (χ0v) is 10.4. The van der Waals surface area contributed by atoms with E-state index in [0.29, 0.717) is 0 Å². The third-order valence-electron chi connectivity index (χ3n) is 2.95. The Morgan fingerprint density at radius 2 is 2.18 bits per heavy atom. The Labute approximate surface area is 103 Å². The molecule has 1 heterocycles. The summed E-state index contributed by atoms with van der Waals surface area (Å²) in [5.74, 6) is 0.950. The van der Waals surface area contributed by atoms with E-state index in [9.17, 15) is 0 Å². The summed E-state index contributed by atoms with van der Waals surface area (Å²) in [6.07, 6.45) is 2.46. The van der Waals surface area contributed by atoms with E-state index >= 15 is 0 Å². The summed E-state index contributed by atoms with van der Waals surface area (Å²) in [5, 5.41) is 3.33. The molecule has 1 N–H and O–H groups in total. The molecular weight excluding hydrogens is 214 g/mol. The molecule has 1 atom stereocenters. The fourth-order valence-corrected chi connectivity index (χ4v) is 1.89. The number of benzene rings is 1. The maximum Gasteiger partial charge on any atom is 0.119 e. The fourth-order valence-electron chi connectivity index (χ4n) is 1.89. The van der Waals surface area contributed by atoms with Gasteiger partial charge in [0.15, 0.2) is 0 Å². The van der Waals surface area contributed by atoms with Crippen LogP contribution in [0.15, 0.2) is 24.3 Å². The van der Waals surface area contributed by atoms with E-state index in [-0.39, 0.29) is 6.10 Å². The Hall–Kier alpha value is -1.06. The Balaban J connectivity index is 1.88. The Bertz CT molecular complexity index is 317. The molecule has 1 aromatic rings. The Kier molecular flexibility index (Phi) is 4.83. The van der Waals surface area contributed by atoms with Gasteiger partial charge < -0.3 is 14.8 Å². The average molecular weight is 235 g/mol. The predicted octanol–water partition coefficient (Wildman–Crippen LogP) is 2.53. The quantitative estimate of drug-likeness (QED) is 0.795. The first-order valence-corrected chi connectivity index (χ1v) is 6.45. The van der Waals surface area contributed by atoms with Gasteiger partial charge in [0.2, 0.25) is 0 Å². The minimum atomic E-state index is 0.188. The molecule has 1 fully saturated rings. The number of morpholine rings is 1. The minimum absolute atomic E-state index is 0.188. The van der Waals surface area contributed by atoms with Crippen LogP contribution in [0.25, 0.3) is 0 Å². The van der Waals surface area contributed by atoms with Gasteiger partial charge in [0, 0.05) is 13.1 Å². The van der Waals surface area contributed by atoms with Crippen molar-refractivity contribution in [3.05, 3.63) is 29.8 Å². The largest absolute Gasteiger partial charge is 0.494 e. The summed E-state index contributed by atoms with van der Waals surface area (Å²) in [6, 6.07) is 8.25. The summed E-state index contributed by atoms with van der Waals surface area (Å²) >= 11 is 0. The van der Waals surface area contributed by atoms with Crippen LogP contribution in [0.3, 0.4) is 0 Å². The van der Waals surface area contributed by atoms with Crippen molar-refractivity contribution in [2.24, 2.45) is 0 Å². The van der Waals surface area contributed by atoms with Crippen molar-refractivity contribution in [2.45, 2.75) is 25.9 Å². The normalized spacial score (nSPS) is 20.2. The highest BCUT2D eigenvalue weighted by Crippen LogP contribution is 2.21. The number of unbranched alkanes of at least 4 members (excludes halogenated alkanes) is 1. The molecule has 0 saturated carbocycles. The fraction of sp³-hybridized carbons (Fsp3) is 0.571. The maximum absolute atomic E-state index is 5.70. The van der Waals surface area contributed by atoms with E-state index in [2.05, 4.69) is 24.4 Å². The van der Waals surface area contributed by atoms with Gasteiger partial charge in [0.25, 0.3) is 0 Å². The van der Waals surface area contributed by atoms with E-state index < -0.39 is 0 Å². The summed E-state index contributed by atoms with van der Waals surface area (Å²) in [4.78, 5) is 0. The second kappa shape index (κ2) is 6.62. The van der Waals surface area contributed by atoms with Crippen LogP contribution in [0, 0.1) is 0 Å². The van der Waals surface area contributed by atoms with Crippen LogP contribution >= 0.6 is 0 Å². The Morgan fingerprint density at radius 3 is 2.82 bits per heavy atom. The number of ether oxygens (including phenoxy) is 2. The first-order chi connectivity index (χ1) is 8.40. The van der Waals surface area contributed by atoms with E-state index in [1.165, 1.54) is 12.0 Å². The number of hydrogen-bond donors (Lipinski definition) is 1. The van der Waals surface area contributed by atoms with Crippen molar-refractivity contribution < 1.29 is 9.47 Å². The van der Waals surface area contributed by atoms with E-state index in [1.54, 1.807) is 0 Å². The molecule has 1 aromatic carbocycles. The molecule has 1 saturated heterocycles. The van der Waals surface area contributed by atoms with Crippen LogP contribution in [-0.2, 0) is 4.74 Å². The highest BCUT2D eigenvalue weighted by molar-refractivity contribution is 5.29. The minimum Gasteiger partial charge on any atom is -0.494 e. The second-order valence-electron chi connectivity index (χ2n) is 4.33. The third kappa shape index (κ3) is 3.72. The highest BCUT2D eigenvalue weighted by atomic mass is 16.5. The lowest BCUT2D eigenvalue weighted by molar-refractivity contribution is 0.0277. The van der Waals surface area contributed by atoms with Crippen molar-refractivity contribution in [3.63, 3.8) is 0 Å². The summed E-state index contributed by atoms with van der Waals surface area (Å²) in [5.41, 5.74) is 1.22. The van der Waals surface area contributed by atoms with Crippen LogP contribution in [0.1, 0.15) is 31.4 Å². The van der Waals surface area contributed by atoms with Crippen LogP contribution < -0.4 is 10.1 Å². The molecule has 0 bridgehead atoms. The molecule has 1 aliphatic heterocycles. The first-order valence-electron chi connectivity index (χ1n) is 6.45. The second-order valence-corrected chi connectivity index (χ2v) is 4.33. The molecule has 0 radical (unpaired) electrons. The summed E-state index contributed by atoms with van der Waals surface area (Å²) in [6.45, 7) is 5.61. The van der Waals surface area contributed by atoms with Crippen LogP contribution in [0.2, 0.25) is 0 Å². The topological polar surface area (TPSA) is 30.5 Å². The number of nitrogens with one attached hydrogen (secondary N) is 1. The Morgan fingerprint density at radius 1 is 1.35 bits per heavy atom. The molecule has 1 unspecified atom stereocenters. The van der Waals surface area contributed by atoms with Gasteiger partial charge in [-0.3, -0.25) is 0 Å². The zero-order chi connectivity index (χ0) is 11.9. The lowest BCUT2D eigenvalue weighted by Crippen LogP contribution is -2.33. The van der Waals surface area contributed by atoms with Crippen molar-refractivity contribution in [3.8, 4) is 5.75 Å². The van der Waals surface area contributed by atoms with Crippen molar-refractivity contribution in [1.82, 2.24) is 5.32 Å². The predicted molar refractivity (Wildman–Crippen MR) is 68.4 cm³/mol. The van der Waals surface area contributed by atoms with Gasteiger partial charge in [-0.25, -0.2) is 0 Å². The van der Waals surface area contributed by atoms with Gasteiger partial charge in [-0.2, -0.15) is 0 Å². The van der Waals surface area contributed by atoms with E-state index in [0.717, 1.165) is 38.5 Å². The first kappa shape index (κ1) is 12.4. The maximum atomic E-state index is 5.70. The molecule has 94 valence electrons. The molecule has 3 heteroatoms. The van der Waals surface area contributed by atoms with Crippen molar-refractivity contribution in [2.75, 3.05) is 26.3 Å². The van der Waals surface area contributed by atoms with Gasteiger partial charge in [-0.15, -0.1) is 0 Å². The van der Waals surface area contributed by atoms with Crippen LogP contribution in [0.4, 0.5) is 0 Å². The van der Waals surface area contributed by atoms with E-state index in [1.807, 2.05) is 12.1 Å². The third-order valence-corrected chi connectivity index (χ3v) is 2.95. The number of rotatable bonds is 5. The van der Waals surface area contributed by atoms with Crippen molar-refractivity contribution >= 4 is 0 Å². The molecule has 0 aromatic heterocycles. The summed E-state index contributed by atoms with van der Waals surface area (Å²) < 4.78 is 11.3. The monoisotopic (exact) mass is 235 g/mol. The van der Waals surface area contributed by atoms with Gasteiger partial charge in [0.05, 0.1) is 19.3 Å². The molecule has 0 spiro atoms. The molecule has 1 aliphatic rings. The van der Waals surface area contributed by atoms with Gasteiger partial charge in [-0.05, 0) is 24.1 Å². The van der Waals surface area contributed by atoms with Gasteiger partial charge in [-0.1, -0.05) is 25.5 Å². The smallest absolute Gasteiger partial charge is 0.119 e. The lowest BCUT2D eigenvalue weighted by atomic mass is 10.1. The highest BCUT2D eigenvalue weighted by Gasteiger charge is 2.15. The van der Waals surface area contributed by atoms with Crippen LogP contribution in [0.5, 0.6) is 5.75 Å². The molecule has 0 aliphatic carbocycles. The average Bonchev–Trinajstić information content (AvgIpc) is 2.41. The standard InChI is InChI=1S/C14H21NO2/c1-2-3-9-16-13-6-4-12(5-7-13)14-11-15-8-10-17-14/h4-7,14-15H,2-3,8-11H2,1H3. The molecule has 17 heavy (non-hydrogen) atoms. The summed E-state index contributed by atoms with van der Waals surface area (Å²) in [7, 11) is 0. The molecular formula is C14H21NO2. The molecule has 0 amide bonds. The lowest BCUT2D eigenvalue weighted by Gasteiger charge is -2.24. The van der Waals surface area contributed by atoms with E-state index in [4.69, 9.17) is 9.47 Å². The van der Waals surface area contributed by atoms with Crippen molar-refractivity contribution in [1.29, 1.82) is 0 Å².